The summed E-state index contributed by atoms with van der Waals surface area (Å²) in [6.45, 7) is 3.57. The van der Waals surface area contributed by atoms with Crippen LogP contribution in [0.25, 0.3) is 10.9 Å². The number of anilines is 1. The van der Waals surface area contributed by atoms with Gasteiger partial charge in [0.15, 0.2) is 0 Å². The number of piperidine rings is 1. The Kier molecular flexibility index (Phi) is 4.41. The minimum absolute atomic E-state index is 0.242. The zero-order valence-electron chi connectivity index (χ0n) is 15.3. The van der Waals surface area contributed by atoms with E-state index in [1.807, 2.05) is 6.07 Å². The van der Waals surface area contributed by atoms with Crippen LogP contribution >= 0.6 is 0 Å². The van der Waals surface area contributed by atoms with E-state index in [0.717, 1.165) is 57.1 Å². The van der Waals surface area contributed by atoms with Gasteiger partial charge in [-0.15, -0.1) is 0 Å². The van der Waals surface area contributed by atoms with Crippen molar-refractivity contribution in [3.63, 3.8) is 0 Å². The number of ether oxygens (including phenoxy) is 2. The van der Waals surface area contributed by atoms with Gasteiger partial charge >= 0.3 is 0 Å². The highest BCUT2D eigenvalue weighted by atomic mass is 16.5. The molecule has 6 nitrogen and oxygen atoms in total. The van der Waals surface area contributed by atoms with Crippen molar-refractivity contribution < 1.29 is 9.47 Å². The zero-order chi connectivity index (χ0) is 18.1. The van der Waals surface area contributed by atoms with Crippen LogP contribution in [-0.4, -0.2) is 46.9 Å². The highest BCUT2D eigenvalue weighted by molar-refractivity contribution is 5.86. The fourth-order valence-electron chi connectivity index (χ4n) is 4.18. The van der Waals surface area contributed by atoms with Crippen molar-refractivity contribution in [1.29, 1.82) is 0 Å². The number of fused-ring (bicyclic) bond motifs is 1. The number of aromatic nitrogens is 3. The number of nitrogens with zero attached hydrogens (tertiary/aromatic N) is 4. The lowest BCUT2D eigenvalue weighted by molar-refractivity contribution is 0.173. The molecular weight excluding hydrogens is 340 g/mol. The fraction of sp³-hybridized carbons (Fsp3) is 0.429. The van der Waals surface area contributed by atoms with E-state index in [9.17, 15) is 0 Å². The molecular formula is C21H24N4O2. The van der Waals surface area contributed by atoms with Crippen LogP contribution in [0.1, 0.15) is 25.3 Å². The molecule has 3 aromatic rings. The smallest absolute Gasteiger partial charge is 0.131 e. The van der Waals surface area contributed by atoms with Gasteiger partial charge < -0.3 is 18.9 Å². The molecule has 6 heteroatoms. The van der Waals surface area contributed by atoms with Gasteiger partial charge in [0.25, 0.3) is 0 Å². The van der Waals surface area contributed by atoms with Crippen molar-refractivity contribution in [1.82, 2.24) is 14.5 Å². The minimum atomic E-state index is 0.242. The maximum Gasteiger partial charge on any atom is 0.131 e. The van der Waals surface area contributed by atoms with Crippen molar-refractivity contribution in [2.45, 2.75) is 31.4 Å². The average Bonchev–Trinajstić information content (AvgIpc) is 3.39. The molecule has 2 aliphatic rings. The molecule has 4 heterocycles. The van der Waals surface area contributed by atoms with E-state index in [0.29, 0.717) is 6.04 Å². The third-order valence-corrected chi connectivity index (χ3v) is 5.65. The lowest BCUT2D eigenvalue weighted by Crippen LogP contribution is -2.38. The fourth-order valence-corrected chi connectivity index (χ4v) is 4.18. The molecule has 0 aliphatic carbocycles. The van der Waals surface area contributed by atoms with Crippen LogP contribution in [0.5, 0.6) is 5.75 Å². The first-order valence-corrected chi connectivity index (χ1v) is 9.73. The standard InChI is InChI=1S/C21H24N4O2/c1-2-19-18(7-12-25(19)16-8-13-26-14-16)20(3-1)27-17-5-10-24(11-6-17)21-4-9-22-15-23-21/h1-4,7,9,12,15-17H,5-6,8,10-11,13-14H2. The summed E-state index contributed by atoms with van der Waals surface area (Å²) in [4.78, 5) is 10.7. The summed E-state index contributed by atoms with van der Waals surface area (Å²) >= 11 is 0. The minimum Gasteiger partial charge on any atom is -0.490 e. The summed E-state index contributed by atoms with van der Waals surface area (Å²) in [6, 6.07) is 11.0. The van der Waals surface area contributed by atoms with Crippen LogP contribution in [0.3, 0.4) is 0 Å². The van der Waals surface area contributed by atoms with Crippen molar-refractivity contribution in [3.05, 3.63) is 49.1 Å². The first kappa shape index (κ1) is 16.6. The van der Waals surface area contributed by atoms with Crippen LogP contribution in [0.2, 0.25) is 0 Å². The van der Waals surface area contributed by atoms with E-state index >= 15 is 0 Å². The van der Waals surface area contributed by atoms with E-state index in [1.54, 1.807) is 12.5 Å². The Bertz CT molecular complexity index is 897. The summed E-state index contributed by atoms with van der Waals surface area (Å²) < 4.78 is 14.3. The van der Waals surface area contributed by atoms with E-state index in [4.69, 9.17) is 9.47 Å². The summed E-state index contributed by atoms with van der Waals surface area (Å²) in [5.41, 5.74) is 1.24. The Morgan fingerprint density at radius 2 is 2.00 bits per heavy atom. The second-order valence-corrected chi connectivity index (χ2v) is 7.30. The molecule has 2 fully saturated rings. The molecule has 140 valence electrons. The molecule has 0 bridgehead atoms. The SMILES string of the molecule is c1cc(OC2CCN(c3ccncn3)CC2)c2ccn(C3CCOC3)c2c1. The average molecular weight is 364 g/mol. The number of hydrogen-bond donors (Lipinski definition) is 0. The highest BCUT2D eigenvalue weighted by Gasteiger charge is 2.23. The number of benzene rings is 1. The normalized spacial score (nSPS) is 21.0. The Hall–Kier alpha value is -2.60. The molecule has 0 N–H and O–H groups in total. The monoisotopic (exact) mass is 364 g/mol. The van der Waals surface area contributed by atoms with Crippen LogP contribution in [0.4, 0.5) is 5.82 Å². The maximum absolute atomic E-state index is 6.42. The predicted octanol–water partition coefficient (Wildman–Crippen LogP) is 3.44. The first-order chi connectivity index (χ1) is 13.4. The van der Waals surface area contributed by atoms with E-state index in [-0.39, 0.29) is 6.10 Å². The van der Waals surface area contributed by atoms with Crippen molar-refractivity contribution >= 4 is 16.7 Å². The van der Waals surface area contributed by atoms with Gasteiger partial charge in [0.05, 0.1) is 18.2 Å². The molecule has 5 rings (SSSR count). The molecule has 0 radical (unpaired) electrons. The summed E-state index contributed by atoms with van der Waals surface area (Å²) in [6.07, 6.45) is 8.90. The molecule has 2 aliphatic heterocycles. The molecule has 2 saturated heterocycles. The molecule has 27 heavy (non-hydrogen) atoms. The lowest BCUT2D eigenvalue weighted by Gasteiger charge is -2.33. The zero-order valence-corrected chi connectivity index (χ0v) is 15.3. The molecule has 0 spiro atoms. The van der Waals surface area contributed by atoms with Gasteiger partial charge in [-0.2, -0.15) is 0 Å². The van der Waals surface area contributed by atoms with Gasteiger partial charge in [0.1, 0.15) is 24.0 Å². The van der Waals surface area contributed by atoms with Crippen LogP contribution in [0, 0.1) is 0 Å². The molecule has 0 saturated carbocycles. The van der Waals surface area contributed by atoms with Crippen molar-refractivity contribution in [3.8, 4) is 5.75 Å². The van der Waals surface area contributed by atoms with E-state index < -0.39 is 0 Å². The second-order valence-electron chi connectivity index (χ2n) is 7.30. The lowest BCUT2D eigenvalue weighted by atomic mass is 10.1. The van der Waals surface area contributed by atoms with Gasteiger partial charge in [-0.05, 0) is 30.7 Å². The van der Waals surface area contributed by atoms with Crippen LogP contribution < -0.4 is 9.64 Å². The molecule has 1 atom stereocenters. The van der Waals surface area contributed by atoms with Gasteiger partial charge in [-0.25, -0.2) is 9.97 Å². The molecule has 1 aromatic carbocycles. The summed E-state index contributed by atoms with van der Waals surface area (Å²) in [5.74, 6) is 1.99. The summed E-state index contributed by atoms with van der Waals surface area (Å²) in [7, 11) is 0. The predicted molar refractivity (Wildman–Crippen MR) is 104 cm³/mol. The topological polar surface area (TPSA) is 52.4 Å². The molecule has 2 aromatic heterocycles. The Labute approximate surface area is 158 Å². The number of rotatable bonds is 4. The second kappa shape index (κ2) is 7.19. The van der Waals surface area contributed by atoms with Crippen molar-refractivity contribution in [2.75, 3.05) is 31.2 Å². The van der Waals surface area contributed by atoms with Crippen LogP contribution in [0.15, 0.2) is 49.1 Å². The first-order valence-electron chi connectivity index (χ1n) is 9.73. The number of hydrogen-bond acceptors (Lipinski definition) is 5. The Morgan fingerprint density at radius 1 is 1.07 bits per heavy atom. The third kappa shape index (κ3) is 3.25. The maximum atomic E-state index is 6.42. The van der Waals surface area contributed by atoms with Gasteiger partial charge in [-0.1, -0.05) is 6.07 Å². The third-order valence-electron chi connectivity index (χ3n) is 5.65. The Balaban J connectivity index is 1.29. The van der Waals surface area contributed by atoms with Crippen LogP contribution in [-0.2, 0) is 4.74 Å². The largest absolute Gasteiger partial charge is 0.490 e. The highest BCUT2D eigenvalue weighted by Crippen LogP contribution is 2.32. The van der Waals surface area contributed by atoms with Crippen molar-refractivity contribution in [2.24, 2.45) is 0 Å². The molecule has 0 amide bonds. The van der Waals surface area contributed by atoms with Gasteiger partial charge in [0, 0.05) is 50.3 Å². The molecule has 1 unspecified atom stereocenters. The van der Waals surface area contributed by atoms with E-state index in [2.05, 4.69) is 49.9 Å². The van der Waals surface area contributed by atoms with Gasteiger partial charge in [0.2, 0.25) is 0 Å². The summed E-state index contributed by atoms with van der Waals surface area (Å²) in [5, 5.41) is 1.20. The quantitative estimate of drug-likeness (QED) is 0.710. The van der Waals surface area contributed by atoms with E-state index in [1.165, 1.54) is 10.9 Å². The van der Waals surface area contributed by atoms with Gasteiger partial charge in [-0.3, -0.25) is 0 Å². The Morgan fingerprint density at radius 3 is 2.78 bits per heavy atom.